The molecule has 2 aliphatic heterocycles. The van der Waals surface area contributed by atoms with Crippen LogP contribution in [0.5, 0.6) is 0 Å². The van der Waals surface area contributed by atoms with Crippen molar-refractivity contribution in [3.8, 4) is 0 Å². The van der Waals surface area contributed by atoms with Gasteiger partial charge in [0, 0.05) is 40.4 Å². The number of halogens is 2. The molecule has 2 unspecified atom stereocenters. The number of fused-ring (bicyclic) bond motifs is 3. The van der Waals surface area contributed by atoms with Crippen molar-refractivity contribution in [3.63, 3.8) is 0 Å². The van der Waals surface area contributed by atoms with Gasteiger partial charge in [0.15, 0.2) is 0 Å². The Kier molecular flexibility index (Phi) is 6.06. The van der Waals surface area contributed by atoms with Gasteiger partial charge in [-0.15, -0.1) is 0 Å². The van der Waals surface area contributed by atoms with E-state index < -0.39 is 0 Å². The Labute approximate surface area is 226 Å². The maximum atomic E-state index is 14.0. The first kappa shape index (κ1) is 23.8. The normalized spacial score (nSPS) is 20.1. The van der Waals surface area contributed by atoms with Crippen molar-refractivity contribution in [2.75, 3.05) is 17.2 Å². The van der Waals surface area contributed by atoms with Crippen LogP contribution in [0.3, 0.4) is 0 Å². The summed E-state index contributed by atoms with van der Waals surface area (Å²) < 4.78 is 0. The van der Waals surface area contributed by atoms with Crippen LogP contribution in [0.25, 0.3) is 0 Å². The molecule has 2 N–H and O–H groups in total. The molecule has 0 radical (unpaired) electrons. The largest absolute Gasteiger partial charge is 0.383 e. The van der Waals surface area contributed by atoms with Crippen molar-refractivity contribution < 1.29 is 4.79 Å². The van der Waals surface area contributed by atoms with E-state index in [4.69, 9.17) is 28.9 Å². The van der Waals surface area contributed by atoms with Gasteiger partial charge in [-0.2, -0.15) is 0 Å². The van der Waals surface area contributed by atoms with E-state index in [0.29, 0.717) is 28.7 Å². The van der Waals surface area contributed by atoms with E-state index in [0.717, 1.165) is 24.1 Å². The second-order valence-corrected chi connectivity index (χ2v) is 10.7. The zero-order valence-corrected chi connectivity index (χ0v) is 21.7. The number of anilines is 2. The molecule has 3 aromatic carbocycles. The number of carbonyl (C=O) groups is 1. The minimum absolute atomic E-state index is 0.0949. The molecule has 37 heavy (non-hydrogen) atoms. The molecular formula is C30H26Cl2N4O. The average Bonchev–Trinajstić information content (AvgIpc) is 3.40. The Bertz CT molecular complexity index is 1460. The van der Waals surface area contributed by atoms with Crippen LogP contribution < -0.4 is 10.6 Å². The number of aromatic nitrogens is 1. The van der Waals surface area contributed by atoms with Gasteiger partial charge in [0.1, 0.15) is 12.0 Å². The van der Waals surface area contributed by atoms with Gasteiger partial charge in [0.2, 0.25) is 0 Å². The van der Waals surface area contributed by atoms with Crippen molar-refractivity contribution in [3.05, 3.63) is 123 Å². The number of hydrogen-bond acceptors (Lipinski definition) is 4. The summed E-state index contributed by atoms with van der Waals surface area (Å²) in [5, 5.41) is 1.41. The van der Waals surface area contributed by atoms with E-state index in [2.05, 4.69) is 46.3 Å². The Morgan fingerprint density at radius 2 is 1.59 bits per heavy atom. The topological polar surface area (TPSA) is 62.5 Å². The van der Waals surface area contributed by atoms with Gasteiger partial charge in [-0.3, -0.25) is 4.79 Å². The molecule has 0 spiro atoms. The van der Waals surface area contributed by atoms with E-state index in [9.17, 15) is 4.79 Å². The van der Waals surface area contributed by atoms with Crippen LogP contribution in [-0.2, 0) is 18.4 Å². The minimum atomic E-state index is -0.288. The summed E-state index contributed by atoms with van der Waals surface area (Å²) in [6, 6.07) is 28.0. The quantitative estimate of drug-likeness (QED) is 0.328. The first-order valence-corrected chi connectivity index (χ1v) is 13.1. The lowest BCUT2D eigenvalue weighted by Crippen LogP contribution is -2.52. The van der Waals surface area contributed by atoms with Crippen LogP contribution in [-0.4, -0.2) is 28.5 Å². The number of pyridine rings is 1. The first-order chi connectivity index (χ1) is 18.0. The molecule has 1 fully saturated rings. The maximum Gasteiger partial charge on any atom is 0.259 e. The maximum absolute atomic E-state index is 14.0. The first-order valence-electron chi connectivity index (χ1n) is 12.3. The fourth-order valence-corrected chi connectivity index (χ4v) is 6.30. The fourth-order valence-electron chi connectivity index (χ4n) is 6.05. The zero-order valence-electron chi connectivity index (χ0n) is 20.1. The molecular weight excluding hydrogens is 503 g/mol. The van der Waals surface area contributed by atoms with Crippen LogP contribution in [0.1, 0.15) is 33.5 Å². The smallest absolute Gasteiger partial charge is 0.259 e. The Morgan fingerprint density at radius 1 is 0.919 bits per heavy atom. The molecule has 0 bridgehead atoms. The molecule has 1 aromatic heterocycles. The van der Waals surface area contributed by atoms with Gasteiger partial charge in [-0.05, 0) is 72.0 Å². The van der Waals surface area contributed by atoms with Crippen LogP contribution >= 0.6 is 23.2 Å². The standard InChI is InChI=1S/C30H26Cl2N4O/c31-22-11-7-20(8-12-22)18-30-15-17-35(28(37)24-4-3-16-34-27(24)33)29(30)36(26-6-2-1-5-25(26)30)19-21-9-13-23(32)14-10-21/h1-14,16,29H,15,17-19H2,(H2,33,34). The molecule has 2 aliphatic rings. The summed E-state index contributed by atoms with van der Waals surface area (Å²) in [7, 11) is 0. The Balaban J connectivity index is 1.48. The van der Waals surface area contributed by atoms with Crippen molar-refractivity contribution in [2.45, 2.75) is 31.0 Å². The predicted octanol–water partition coefficient (Wildman–Crippen LogP) is 6.34. The molecule has 1 amide bonds. The van der Waals surface area contributed by atoms with E-state index in [1.54, 1.807) is 18.3 Å². The number of amides is 1. The number of nitrogens with two attached hydrogens (primary N) is 1. The average molecular weight is 529 g/mol. The molecule has 5 nitrogen and oxygen atoms in total. The highest BCUT2D eigenvalue weighted by molar-refractivity contribution is 6.30. The van der Waals surface area contributed by atoms with Crippen LogP contribution in [0.2, 0.25) is 10.0 Å². The zero-order chi connectivity index (χ0) is 25.6. The summed E-state index contributed by atoms with van der Waals surface area (Å²) in [4.78, 5) is 22.5. The highest BCUT2D eigenvalue weighted by Crippen LogP contribution is 2.54. The number of nitrogen functional groups attached to an aromatic ring is 1. The second-order valence-electron chi connectivity index (χ2n) is 9.79. The second kappa shape index (κ2) is 9.40. The van der Waals surface area contributed by atoms with Gasteiger partial charge in [0.05, 0.1) is 5.56 Å². The SMILES string of the molecule is Nc1ncccc1C(=O)N1CCC2(Cc3ccc(Cl)cc3)c3ccccc3N(Cc3ccc(Cl)cc3)C12. The summed E-state index contributed by atoms with van der Waals surface area (Å²) in [6.07, 6.45) is 3.04. The van der Waals surface area contributed by atoms with Crippen molar-refractivity contribution in [2.24, 2.45) is 0 Å². The van der Waals surface area contributed by atoms with Gasteiger partial charge in [-0.25, -0.2) is 4.98 Å². The number of rotatable bonds is 5. The van der Waals surface area contributed by atoms with E-state index in [1.165, 1.54) is 11.1 Å². The van der Waals surface area contributed by atoms with Crippen LogP contribution in [0.4, 0.5) is 11.5 Å². The van der Waals surface area contributed by atoms with Crippen LogP contribution in [0, 0.1) is 0 Å². The summed E-state index contributed by atoms with van der Waals surface area (Å²) >= 11 is 12.4. The lowest BCUT2D eigenvalue weighted by atomic mass is 9.74. The van der Waals surface area contributed by atoms with E-state index in [1.807, 2.05) is 41.3 Å². The molecule has 7 heteroatoms. The Hall–Kier alpha value is -3.54. The molecule has 4 aromatic rings. The summed E-state index contributed by atoms with van der Waals surface area (Å²) in [5.41, 5.74) is 11.0. The van der Waals surface area contributed by atoms with E-state index in [-0.39, 0.29) is 23.3 Å². The summed E-state index contributed by atoms with van der Waals surface area (Å²) in [6.45, 7) is 1.27. The molecule has 1 saturated heterocycles. The van der Waals surface area contributed by atoms with Crippen LogP contribution in [0.15, 0.2) is 91.1 Å². The number of nitrogens with zero attached hydrogens (tertiary/aromatic N) is 3. The minimum Gasteiger partial charge on any atom is -0.383 e. The Morgan fingerprint density at radius 3 is 2.30 bits per heavy atom. The van der Waals surface area contributed by atoms with Gasteiger partial charge >= 0.3 is 0 Å². The fraction of sp³-hybridized carbons (Fsp3) is 0.200. The number of carbonyl (C=O) groups excluding carboxylic acids is 1. The molecule has 0 saturated carbocycles. The van der Waals surface area contributed by atoms with E-state index >= 15 is 0 Å². The lowest BCUT2D eigenvalue weighted by Gasteiger charge is -2.39. The number of para-hydroxylation sites is 1. The lowest BCUT2D eigenvalue weighted by molar-refractivity contribution is 0.0709. The number of benzene rings is 3. The monoisotopic (exact) mass is 528 g/mol. The van der Waals surface area contributed by atoms with Crippen molar-refractivity contribution in [1.29, 1.82) is 0 Å². The van der Waals surface area contributed by atoms with Crippen molar-refractivity contribution in [1.82, 2.24) is 9.88 Å². The summed E-state index contributed by atoms with van der Waals surface area (Å²) in [5.74, 6) is 0.157. The highest BCUT2D eigenvalue weighted by Gasteiger charge is 2.58. The molecule has 186 valence electrons. The third-order valence-corrected chi connectivity index (χ3v) is 8.17. The number of hydrogen-bond donors (Lipinski definition) is 1. The third kappa shape index (κ3) is 4.12. The predicted molar refractivity (Wildman–Crippen MR) is 149 cm³/mol. The molecule has 0 aliphatic carbocycles. The van der Waals surface area contributed by atoms with Gasteiger partial charge < -0.3 is 15.5 Å². The molecule has 2 atom stereocenters. The highest BCUT2D eigenvalue weighted by atomic mass is 35.5. The molecule has 6 rings (SSSR count). The number of likely N-dealkylation sites (tertiary alicyclic amines) is 1. The van der Waals surface area contributed by atoms with Gasteiger partial charge in [0.25, 0.3) is 5.91 Å². The molecule has 3 heterocycles. The van der Waals surface area contributed by atoms with Crippen molar-refractivity contribution >= 4 is 40.6 Å². The van der Waals surface area contributed by atoms with Gasteiger partial charge in [-0.1, -0.05) is 65.7 Å². The third-order valence-electron chi connectivity index (χ3n) is 7.66.